The van der Waals surface area contributed by atoms with Crippen LogP contribution in [0.2, 0.25) is 0 Å². The van der Waals surface area contributed by atoms with Gasteiger partial charge in [-0.3, -0.25) is 10.1 Å². The van der Waals surface area contributed by atoms with Crippen LogP contribution in [0.3, 0.4) is 0 Å². The van der Waals surface area contributed by atoms with Crippen LogP contribution in [0.25, 0.3) is 0 Å². The topological polar surface area (TPSA) is 49.3 Å². The van der Waals surface area contributed by atoms with Gasteiger partial charge >= 0.3 is 5.97 Å². The Morgan fingerprint density at radius 1 is 1.41 bits per heavy atom. The fourth-order valence-corrected chi connectivity index (χ4v) is 3.10. The summed E-state index contributed by atoms with van der Waals surface area (Å²) in [5.41, 5.74) is 2.49. The lowest BCUT2D eigenvalue weighted by atomic mass is 10.0. The molecule has 0 bridgehead atoms. The number of carboxylic acid groups (broad SMARTS) is 1. The quantitative estimate of drug-likeness (QED) is 0.863. The number of carbonyl (C=O) groups is 1. The summed E-state index contributed by atoms with van der Waals surface area (Å²) < 4.78 is 0. The molecule has 2 atom stereocenters. The third-order valence-electron chi connectivity index (χ3n) is 3.06. The van der Waals surface area contributed by atoms with Gasteiger partial charge in [-0.25, -0.2) is 0 Å². The number of rotatable bonds is 3. The van der Waals surface area contributed by atoms with Crippen LogP contribution >= 0.6 is 11.8 Å². The van der Waals surface area contributed by atoms with E-state index in [9.17, 15) is 4.79 Å². The summed E-state index contributed by atoms with van der Waals surface area (Å²) in [5, 5.41) is 12.2. The number of benzene rings is 1. The van der Waals surface area contributed by atoms with E-state index >= 15 is 0 Å². The molecular weight excluding hydrogens is 234 g/mol. The third-order valence-corrected chi connectivity index (χ3v) is 4.20. The van der Waals surface area contributed by atoms with Crippen LogP contribution in [0.1, 0.15) is 24.1 Å². The van der Waals surface area contributed by atoms with Gasteiger partial charge in [-0.15, -0.1) is 0 Å². The van der Waals surface area contributed by atoms with Crippen molar-refractivity contribution in [1.82, 2.24) is 5.32 Å². The zero-order valence-electron chi connectivity index (χ0n) is 9.85. The van der Waals surface area contributed by atoms with Crippen LogP contribution in [0.5, 0.6) is 0 Å². The Hall–Kier alpha value is -1.00. The highest BCUT2D eigenvalue weighted by Gasteiger charge is 2.27. The predicted octanol–water partition coefficient (Wildman–Crippen LogP) is 2.08. The molecule has 1 aromatic carbocycles. The summed E-state index contributed by atoms with van der Waals surface area (Å²) in [6.07, 6.45) is 1.03. The Kier molecular flexibility index (Phi) is 4.07. The molecule has 0 radical (unpaired) electrons. The highest BCUT2D eigenvalue weighted by Crippen LogP contribution is 2.24. The van der Waals surface area contributed by atoms with Gasteiger partial charge in [0, 0.05) is 17.5 Å². The zero-order chi connectivity index (χ0) is 12.3. The molecule has 2 N–H and O–H groups in total. The van der Waals surface area contributed by atoms with Gasteiger partial charge in [-0.05, 0) is 17.5 Å². The number of aliphatic carboxylic acids is 1. The van der Waals surface area contributed by atoms with Gasteiger partial charge in [0.2, 0.25) is 0 Å². The largest absolute Gasteiger partial charge is 0.480 e. The average Bonchev–Trinajstić information content (AvgIpc) is 2.39. The molecule has 0 saturated carbocycles. The number of aryl methyl sites for hydroxylation is 1. The first-order valence-corrected chi connectivity index (χ1v) is 7.01. The molecule has 1 saturated heterocycles. The zero-order valence-corrected chi connectivity index (χ0v) is 10.7. The van der Waals surface area contributed by atoms with Crippen molar-refractivity contribution in [1.29, 1.82) is 0 Å². The lowest BCUT2D eigenvalue weighted by Crippen LogP contribution is -2.45. The average molecular weight is 251 g/mol. The van der Waals surface area contributed by atoms with Crippen LogP contribution in [-0.4, -0.2) is 28.6 Å². The Bertz CT molecular complexity index is 391. The number of carboxylic acids is 1. The molecule has 2 unspecified atom stereocenters. The van der Waals surface area contributed by atoms with E-state index in [1.165, 1.54) is 11.1 Å². The summed E-state index contributed by atoms with van der Waals surface area (Å²) in [6, 6.07) is 8.16. The SMILES string of the molecule is CCc1ccc(C2CSCC(C(=O)O)N2)cc1. The van der Waals surface area contributed by atoms with Crippen LogP contribution in [-0.2, 0) is 11.2 Å². The summed E-state index contributed by atoms with van der Waals surface area (Å²) in [4.78, 5) is 11.0. The highest BCUT2D eigenvalue weighted by molar-refractivity contribution is 7.99. The highest BCUT2D eigenvalue weighted by atomic mass is 32.2. The van der Waals surface area contributed by atoms with Crippen molar-refractivity contribution >= 4 is 17.7 Å². The van der Waals surface area contributed by atoms with E-state index < -0.39 is 12.0 Å². The Labute approximate surface area is 106 Å². The van der Waals surface area contributed by atoms with E-state index in [0.717, 1.165) is 12.2 Å². The van der Waals surface area contributed by atoms with Crippen molar-refractivity contribution in [3.05, 3.63) is 35.4 Å². The minimum Gasteiger partial charge on any atom is -0.480 e. The second-order valence-electron chi connectivity index (χ2n) is 4.24. The molecule has 4 heteroatoms. The van der Waals surface area contributed by atoms with E-state index in [2.05, 4.69) is 36.5 Å². The summed E-state index contributed by atoms with van der Waals surface area (Å²) in [5.74, 6) is 0.834. The van der Waals surface area contributed by atoms with Crippen molar-refractivity contribution in [3.63, 3.8) is 0 Å². The molecular formula is C13H17NO2S. The van der Waals surface area contributed by atoms with Crippen LogP contribution in [0.4, 0.5) is 0 Å². The molecule has 0 amide bonds. The lowest BCUT2D eigenvalue weighted by Gasteiger charge is -2.28. The summed E-state index contributed by atoms with van der Waals surface area (Å²) >= 11 is 1.70. The Morgan fingerprint density at radius 2 is 2.12 bits per heavy atom. The molecule has 17 heavy (non-hydrogen) atoms. The Morgan fingerprint density at radius 3 is 2.71 bits per heavy atom. The first kappa shape index (κ1) is 12.5. The Balaban J connectivity index is 2.08. The first-order valence-electron chi connectivity index (χ1n) is 5.86. The summed E-state index contributed by atoms with van der Waals surface area (Å²) in [7, 11) is 0. The standard InChI is InChI=1S/C13H17NO2S/c1-2-9-3-5-10(6-4-9)11-7-17-8-12(14-11)13(15)16/h3-6,11-12,14H,2,7-8H2,1H3,(H,15,16). The summed E-state index contributed by atoms with van der Waals surface area (Å²) in [6.45, 7) is 2.13. The number of hydrogen-bond donors (Lipinski definition) is 2. The fraction of sp³-hybridized carbons (Fsp3) is 0.462. The van der Waals surface area contributed by atoms with Gasteiger partial charge in [-0.2, -0.15) is 11.8 Å². The minimum absolute atomic E-state index is 0.153. The van der Waals surface area contributed by atoms with Gasteiger partial charge in [0.1, 0.15) is 6.04 Å². The number of nitrogens with one attached hydrogen (secondary N) is 1. The molecule has 1 aliphatic rings. The molecule has 0 spiro atoms. The maximum absolute atomic E-state index is 11.0. The van der Waals surface area contributed by atoms with Crippen molar-refractivity contribution in [2.45, 2.75) is 25.4 Å². The molecule has 92 valence electrons. The monoisotopic (exact) mass is 251 g/mol. The van der Waals surface area contributed by atoms with Gasteiger partial charge in [0.25, 0.3) is 0 Å². The second-order valence-corrected chi connectivity index (χ2v) is 5.32. The predicted molar refractivity (Wildman–Crippen MR) is 70.4 cm³/mol. The van der Waals surface area contributed by atoms with E-state index in [1.807, 2.05) is 0 Å². The van der Waals surface area contributed by atoms with Gasteiger partial charge in [0.05, 0.1) is 0 Å². The van der Waals surface area contributed by atoms with Crippen LogP contribution < -0.4 is 5.32 Å². The van der Waals surface area contributed by atoms with E-state index in [-0.39, 0.29) is 6.04 Å². The molecule has 2 rings (SSSR count). The van der Waals surface area contributed by atoms with E-state index in [0.29, 0.717) is 5.75 Å². The molecule has 0 aliphatic carbocycles. The van der Waals surface area contributed by atoms with Crippen molar-refractivity contribution in [3.8, 4) is 0 Å². The van der Waals surface area contributed by atoms with Crippen LogP contribution in [0.15, 0.2) is 24.3 Å². The lowest BCUT2D eigenvalue weighted by molar-refractivity contribution is -0.139. The van der Waals surface area contributed by atoms with Crippen molar-refractivity contribution in [2.75, 3.05) is 11.5 Å². The molecule has 1 aliphatic heterocycles. The van der Waals surface area contributed by atoms with Gasteiger partial charge in [0.15, 0.2) is 0 Å². The fourth-order valence-electron chi connectivity index (χ4n) is 1.96. The molecule has 0 aromatic heterocycles. The number of hydrogen-bond acceptors (Lipinski definition) is 3. The van der Waals surface area contributed by atoms with Gasteiger partial charge < -0.3 is 5.11 Å². The maximum Gasteiger partial charge on any atom is 0.321 e. The van der Waals surface area contributed by atoms with Crippen LogP contribution in [0, 0.1) is 0 Å². The maximum atomic E-state index is 11.0. The minimum atomic E-state index is -0.757. The molecule has 1 fully saturated rings. The first-order chi connectivity index (χ1) is 8.20. The van der Waals surface area contributed by atoms with Crippen molar-refractivity contribution in [2.24, 2.45) is 0 Å². The molecule has 1 aromatic rings. The van der Waals surface area contributed by atoms with Gasteiger partial charge in [-0.1, -0.05) is 31.2 Å². The molecule has 3 nitrogen and oxygen atoms in total. The normalized spacial score (nSPS) is 24.5. The smallest absolute Gasteiger partial charge is 0.321 e. The number of thioether (sulfide) groups is 1. The third kappa shape index (κ3) is 3.01. The second kappa shape index (κ2) is 5.56. The van der Waals surface area contributed by atoms with Crippen molar-refractivity contribution < 1.29 is 9.90 Å². The van der Waals surface area contributed by atoms with E-state index in [1.54, 1.807) is 11.8 Å². The van der Waals surface area contributed by atoms with E-state index in [4.69, 9.17) is 5.11 Å². The molecule has 1 heterocycles.